The third-order valence-corrected chi connectivity index (χ3v) is 5.65. The normalized spacial score (nSPS) is 13.8. The van der Waals surface area contributed by atoms with E-state index in [1.54, 1.807) is 47.4 Å². The molecular weight excluding hydrogens is 425 g/mol. The number of nitrogens with zero attached hydrogens (tertiary/aromatic N) is 4. The number of amides is 2. The maximum atomic E-state index is 14.9. The molecule has 9 heteroatoms. The van der Waals surface area contributed by atoms with Crippen LogP contribution in [0.1, 0.15) is 20.7 Å². The van der Waals surface area contributed by atoms with Gasteiger partial charge in [-0.1, -0.05) is 18.2 Å². The molecule has 1 fully saturated rings. The highest BCUT2D eigenvalue weighted by atomic mass is 19.1. The summed E-state index contributed by atoms with van der Waals surface area (Å²) in [7, 11) is 0. The molecule has 0 aliphatic carbocycles. The Bertz CT molecular complexity index is 1320. The molecule has 1 aliphatic rings. The molecule has 0 bridgehead atoms. The lowest BCUT2D eigenvalue weighted by Crippen LogP contribution is -2.49. The molecule has 2 heterocycles. The number of hydrogen-bond donors (Lipinski definition) is 1. The molecule has 0 saturated carbocycles. The number of nitrogens with one attached hydrogen (secondary N) is 1. The lowest BCUT2D eigenvalue weighted by atomic mass is 10.1. The summed E-state index contributed by atoms with van der Waals surface area (Å²) in [5.41, 5.74) is 2.81. The van der Waals surface area contributed by atoms with Gasteiger partial charge in [-0.3, -0.25) is 9.59 Å². The van der Waals surface area contributed by atoms with Crippen LogP contribution in [0, 0.1) is 5.82 Å². The number of aromatic nitrogens is 2. The van der Waals surface area contributed by atoms with Crippen molar-refractivity contribution < 1.29 is 18.6 Å². The average molecular weight is 445 g/mol. The second-order valence-corrected chi connectivity index (χ2v) is 7.73. The van der Waals surface area contributed by atoms with Gasteiger partial charge < -0.3 is 15.1 Å². The Morgan fingerprint density at radius 2 is 1.61 bits per heavy atom. The number of halogens is 1. The summed E-state index contributed by atoms with van der Waals surface area (Å²) in [6, 6.07) is 18.5. The predicted octanol–water partition coefficient (Wildman–Crippen LogP) is 3.58. The number of carbonyl (C=O) groups is 2. The maximum Gasteiger partial charge on any atom is 0.255 e. The highest BCUT2D eigenvalue weighted by Gasteiger charge is 2.24. The van der Waals surface area contributed by atoms with Crippen molar-refractivity contribution in [3.63, 3.8) is 0 Å². The van der Waals surface area contributed by atoms with Crippen LogP contribution in [0.15, 0.2) is 71.4 Å². The van der Waals surface area contributed by atoms with E-state index < -0.39 is 5.82 Å². The fraction of sp³-hybridized carbons (Fsp3) is 0.167. The third-order valence-electron chi connectivity index (χ3n) is 5.65. The second kappa shape index (κ2) is 8.70. The van der Waals surface area contributed by atoms with Crippen LogP contribution in [0.4, 0.5) is 15.8 Å². The molecule has 3 aromatic carbocycles. The zero-order valence-electron chi connectivity index (χ0n) is 17.6. The van der Waals surface area contributed by atoms with Crippen LogP contribution < -0.4 is 10.2 Å². The smallest absolute Gasteiger partial charge is 0.255 e. The van der Waals surface area contributed by atoms with Crippen molar-refractivity contribution >= 4 is 34.2 Å². The van der Waals surface area contributed by atoms with Gasteiger partial charge in [0.05, 0.1) is 5.69 Å². The fourth-order valence-corrected chi connectivity index (χ4v) is 3.88. The van der Waals surface area contributed by atoms with Gasteiger partial charge in [-0.25, -0.2) is 9.02 Å². The first kappa shape index (κ1) is 20.6. The monoisotopic (exact) mass is 445 g/mol. The van der Waals surface area contributed by atoms with Gasteiger partial charge in [0.25, 0.3) is 11.8 Å². The van der Waals surface area contributed by atoms with E-state index >= 15 is 0 Å². The Balaban J connectivity index is 1.23. The van der Waals surface area contributed by atoms with E-state index in [4.69, 9.17) is 0 Å². The molecule has 8 nitrogen and oxygen atoms in total. The largest absolute Gasteiger partial charge is 0.366 e. The molecule has 0 atom stereocenters. The lowest BCUT2D eigenvalue weighted by Gasteiger charge is -2.36. The first-order valence-electron chi connectivity index (χ1n) is 10.5. The minimum Gasteiger partial charge on any atom is -0.366 e. The molecular formula is C24H20FN5O3. The van der Waals surface area contributed by atoms with Gasteiger partial charge in [0.1, 0.15) is 16.9 Å². The van der Waals surface area contributed by atoms with E-state index in [0.717, 1.165) is 0 Å². The van der Waals surface area contributed by atoms with Crippen molar-refractivity contribution in [2.75, 3.05) is 36.4 Å². The van der Waals surface area contributed by atoms with Crippen LogP contribution in [-0.4, -0.2) is 53.2 Å². The highest BCUT2D eigenvalue weighted by Crippen LogP contribution is 2.25. The minimum absolute atomic E-state index is 0.0200. The molecule has 0 spiro atoms. The van der Waals surface area contributed by atoms with Crippen LogP contribution >= 0.6 is 0 Å². The van der Waals surface area contributed by atoms with Gasteiger partial charge in [0, 0.05) is 43.0 Å². The van der Waals surface area contributed by atoms with E-state index in [0.29, 0.717) is 59.7 Å². The predicted molar refractivity (Wildman–Crippen MR) is 121 cm³/mol. The van der Waals surface area contributed by atoms with Crippen LogP contribution in [0.5, 0.6) is 0 Å². The van der Waals surface area contributed by atoms with Crippen LogP contribution in [0.25, 0.3) is 11.0 Å². The van der Waals surface area contributed by atoms with E-state index in [9.17, 15) is 14.0 Å². The first-order valence-corrected chi connectivity index (χ1v) is 10.5. The van der Waals surface area contributed by atoms with Gasteiger partial charge in [-0.05, 0) is 58.8 Å². The van der Waals surface area contributed by atoms with Gasteiger partial charge in [-0.2, -0.15) is 0 Å². The SMILES string of the molecule is O=C(Nc1ccc(N2CCN(C(=O)c3ccccc3)CC2)c(F)c1)c1ccc2nonc2c1. The summed E-state index contributed by atoms with van der Waals surface area (Å²) in [6.07, 6.45) is 0. The van der Waals surface area contributed by atoms with E-state index in [-0.39, 0.29) is 11.8 Å². The molecule has 166 valence electrons. The molecule has 0 unspecified atom stereocenters. The highest BCUT2D eigenvalue weighted by molar-refractivity contribution is 6.05. The Morgan fingerprint density at radius 1 is 0.848 bits per heavy atom. The van der Waals surface area contributed by atoms with Crippen LogP contribution in [0.3, 0.4) is 0 Å². The quantitative estimate of drug-likeness (QED) is 0.516. The van der Waals surface area contributed by atoms with Crippen LogP contribution in [-0.2, 0) is 0 Å². The zero-order valence-corrected chi connectivity index (χ0v) is 17.6. The standard InChI is InChI=1S/C24H20FN5O3/c25-19-15-18(26-23(31)17-6-8-20-21(14-17)28-33-27-20)7-9-22(19)29-10-12-30(13-11-29)24(32)16-4-2-1-3-5-16/h1-9,14-15H,10-13H2,(H,26,31). The number of fused-ring (bicyclic) bond motifs is 1. The summed E-state index contributed by atoms with van der Waals surface area (Å²) in [5.74, 6) is -0.847. The van der Waals surface area contributed by atoms with E-state index in [1.807, 2.05) is 23.1 Å². The van der Waals surface area contributed by atoms with Gasteiger partial charge in [-0.15, -0.1) is 0 Å². The third kappa shape index (κ3) is 4.25. The van der Waals surface area contributed by atoms with Crippen molar-refractivity contribution in [1.82, 2.24) is 15.2 Å². The number of benzene rings is 3. The molecule has 1 aromatic heterocycles. The van der Waals surface area contributed by atoms with Crippen molar-refractivity contribution in [3.8, 4) is 0 Å². The summed E-state index contributed by atoms with van der Waals surface area (Å²) in [4.78, 5) is 28.8. The minimum atomic E-state index is -0.438. The fourth-order valence-electron chi connectivity index (χ4n) is 3.88. The number of anilines is 2. The molecule has 33 heavy (non-hydrogen) atoms. The average Bonchev–Trinajstić information content (AvgIpc) is 3.32. The molecule has 4 aromatic rings. The molecule has 1 N–H and O–H groups in total. The second-order valence-electron chi connectivity index (χ2n) is 7.73. The van der Waals surface area contributed by atoms with Gasteiger partial charge in [0.15, 0.2) is 0 Å². The zero-order chi connectivity index (χ0) is 22.8. The van der Waals surface area contributed by atoms with E-state index in [1.165, 1.54) is 6.07 Å². The number of hydrogen-bond acceptors (Lipinski definition) is 6. The Morgan fingerprint density at radius 3 is 2.36 bits per heavy atom. The van der Waals surface area contributed by atoms with Crippen molar-refractivity contribution in [2.45, 2.75) is 0 Å². The summed E-state index contributed by atoms with van der Waals surface area (Å²) in [5, 5.41) is 10.1. The Hall–Kier alpha value is -4.27. The number of carbonyl (C=O) groups excluding carboxylic acids is 2. The molecule has 5 rings (SSSR count). The van der Waals surface area contributed by atoms with Gasteiger partial charge >= 0.3 is 0 Å². The maximum absolute atomic E-state index is 14.9. The Labute approximate surface area is 188 Å². The summed E-state index contributed by atoms with van der Waals surface area (Å²) >= 11 is 0. The van der Waals surface area contributed by atoms with Crippen molar-refractivity contribution in [3.05, 3.63) is 83.7 Å². The molecule has 1 aliphatic heterocycles. The number of rotatable bonds is 4. The summed E-state index contributed by atoms with van der Waals surface area (Å²) in [6.45, 7) is 2.05. The summed E-state index contributed by atoms with van der Waals surface area (Å²) < 4.78 is 19.5. The molecule has 0 radical (unpaired) electrons. The van der Waals surface area contributed by atoms with Crippen LogP contribution in [0.2, 0.25) is 0 Å². The topological polar surface area (TPSA) is 91.6 Å². The number of piperazine rings is 1. The van der Waals surface area contributed by atoms with Crippen molar-refractivity contribution in [2.24, 2.45) is 0 Å². The molecule has 2 amide bonds. The van der Waals surface area contributed by atoms with Crippen molar-refractivity contribution in [1.29, 1.82) is 0 Å². The molecule has 1 saturated heterocycles. The first-order chi connectivity index (χ1) is 16.1. The van der Waals surface area contributed by atoms with Gasteiger partial charge in [0.2, 0.25) is 0 Å². The van der Waals surface area contributed by atoms with E-state index in [2.05, 4.69) is 20.3 Å². The lowest BCUT2D eigenvalue weighted by molar-refractivity contribution is 0.0746. The Kier molecular flexibility index (Phi) is 5.43.